The summed E-state index contributed by atoms with van der Waals surface area (Å²) in [6.45, 7) is 3.95. The smallest absolute Gasteiger partial charge is 0.229 e. The molecule has 0 saturated heterocycles. The van der Waals surface area contributed by atoms with Gasteiger partial charge in [-0.05, 0) is 37.6 Å². The summed E-state index contributed by atoms with van der Waals surface area (Å²) < 4.78 is 0. The van der Waals surface area contributed by atoms with Gasteiger partial charge in [0, 0.05) is 16.9 Å². The van der Waals surface area contributed by atoms with Gasteiger partial charge in [0.25, 0.3) is 0 Å². The summed E-state index contributed by atoms with van der Waals surface area (Å²) in [4.78, 5) is 8.75. The summed E-state index contributed by atoms with van der Waals surface area (Å²) in [6, 6.07) is 9.15. The van der Waals surface area contributed by atoms with E-state index in [1.54, 1.807) is 24.3 Å². The van der Waals surface area contributed by atoms with Crippen LogP contribution in [-0.2, 0) is 6.42 Å². The number of benzene rings is 1. The second-order valence-corrected chi connectivity index (χ2v) is 4.27. The van der Waals surface area contributed by atoms with Crippen LogP contribution in [0.25, 0.3) is 0 Å². The lowest BCUT2D eigenvalue weighted by molar-refractivity contribution is 0.994. The van der Waals surface area contributed by atoms with Crippen molar-refractivity contribution in [3.05, 3.63) is 41.1 Å². The van der Waals surface area contributed by atoms with Gasteiger partial charge in [0.1, 0.15) is 5.82 Å². The zero-order valence-electron chi connectivity index (χ0n) is 11.4. The third kappa shape index (κ3) is 2.84. The number of nitriles is 1. The first kappa shape index (κ1) is 13.8. The lowest BCUT2D eigenvalue weighted by atomic mass is 10.2. The van der Waals surface area contributed by atoms with Crippen molar-refractivity contribution in [1.82, 2.24) is 9.97 Å². The molecule has 0 aliphatic heterocycles. The SMILES string of the molecule is CCc1c(C)nc(Nc2ccc(C#N)cc2)nc1NN. The molecule has 6 nitrogen and oxygen atoms in total. The number of anilines is 3. The van der Waals surface area contributed by atoms with Crippen molar-refractivity contribution >= 4 is 17.5 Å². The number of nitrogens with two attached hydrogens (primary N) is 1. The van der Waals surface area contributed by atoms with Gasteiger partial charge in [-0.15, -0.1) is 0 Å². The Morgan fingerprint density at radius 2 is 1.95 bits per heavy atom. The highest BCUT2D eigenvalue weighted by Crippen LogP contribution is 2.20. The van der Waals surface area contributed by atoms with Crippen LogP contribution in [0.15, 0.2) is 24.3 Å². The summed E-state index contributed by atoms with van der Waals surface area (Å²) >= 11 is 0. The molecule has 0 atom stereocenters. The normalized spacial score (nSPS) is 9.90. The van der Waals surface area contributed by atoms with Gasteiger partial charge >= 0.3 is 0 Å². The highest BCUT2D eigenvalue weighted by atomic mass is 15.3. The topological polar surface area (TPSA) is 99.6 Å². The predicted molar refractivity (Wildman–Crippen MR) is 78.4 cm³/mol. The molecular formula is C14H16N6. The fraction of sp³-hybridized carbons (Fsp3) is 0.214. The lowest BCUT2D eigenvalue weighted by Crippen LogP contribution is -2.14. The zero-order valence-corrected chi connectivity index (χ0v) is 11.4. The molecule has 0 bridgehead atoms. The Kier molecular flexibility index (Phi) is 4.13. The van der Waals surface area contributed by atoms with Crippen molar-refractivity contribution in [2.24, 2.45) is 5.84 Å². The van der Waals surface area contributed by atoms with E-state index in [1.165, 1.54) is 0 Å². The minimum atomic E-state index is 0.470. The Bertz CT molecular complexity index is 642. The molecule has 20 heavy (non-hydrogen) atoms. The molecule has 102 valence electrons. The first-order chi connectivity index (χ1) is 9.67. The fourth-order valence-corrected chi connectivity index (χ4v) is 1.95. The van der Waals surface area contributed by atoms with Crippen LogP contribution in [0.1, 0.15) is 23.7 Å². The number of hydrogen-bond acceptors (Lipinski definition) is 6. The quantitative estimate of drug-likeness (QED) is 0.581. The van der Waals surface area contributed by atoms with Gasteiger partial charge < -0.3 is 10.7 Å². The molecule has 0 unspecified atom stereocenters. The number of nitrogen functional groups attached to an aromatic ring is 1. The molecule has 0 aliphatic rings. The van der Waals surface area contributed by atoms with Crippen molar-refractivity contribution < 1.29 is 0 Å². The Hall–Kier alpha value is -2.65. The molecule has 6 heteroatoms. The molecule has 0 aliphatic carbocycles. The van der Waals surface area contributed by atoms with E-state index in [2.05, 4.69) is 26.8 Å². The summed E-state index contributed by atoms with van der Waals surface area (Å²) in [5.41, 5.74) is 5.90. The highest BCUT2D eigenvalue weighted by Gasteiger charge is 2.09. The van der Waals surface area contributed by atoms with Gasteiger partial charge in [-0.3, -0.25) is 0 Å². The van der Waals surface area contributed by atoms with E-state index in [4.69, 9.17) is 11.1 Å². The van der Waals surface area contributed by atoms with Crippen LogP contribution in [0, 0.1) is 18.3 Å². The van der Waals surface area contributed by atoms with Crippen LogP contribution in [0.3, 0.4) is 0 Å². The average molecular weight is 268 g/mol. The van der Waals surface area contributed by atoms with Gasteiger partial charge in [0.15, 0.2) is 0 Å². The summed E-state index contributed by atoms with van der Waals surface area (Å²) in [7, 11) is 0. The second-order valence-electron chi connectivity index (χ2n) is 4.27. The number of aromatic nitrogens is 2. The number of hydrogen-bond donors (Lipinski definition) is 3. The van der Waals surface area contributed by atoms with Crippen molar-refractivity contribution in [3.8, 4) is 6.07 Å². The Morgan fingerprint density at radius 1 is 1.25 bits per heavy atom. The molecule has 2 rings (SSSR count). The maximum atomic E-state index is 8.76. The van der Waals surface area contributed by atoms with Crippen molar-refractivity contribution in [2.45, 2.75) is 20.3 Å². The lowest BCUT2D eigenvalue weighted by Gasteiger charge is -2.12. The van der Waals surface area contributed by atoms with E-state index in [-0.39, 0.29) is 0 Å². The third-order valence-corrected chi connectivity index (χ3v) is 2.97. The molecule has 0 saturated carbocycles. The first-order valence-corrected chi connectivity index (χ1v) is 6.29. The van der Waals surface area contributed by atoms with Gasteiger partial charge in [0.05, 0.1) is 11.6 Å². The second kappa shape index (κ2) is 5.99. The van der Waals surface area contributed by atoms with E-state index >= 15 is 0 Å². The van der Waals surface area contributed by atoms with Crippen LogP contribution < -0.4 is 16.6 Å². The molecule has 0 fully saturated rings. The maximum Gasteiger partial charge on any atom is 0.229 e. The van der Waals surface area contributed by atoms with Crippen molar-refractivity contribution in [3.63, 3.8) is 0 Å². The molecule has 0 radical (unpaired) electrons. The number of nitrogens with zero attached hydrogens (tertiary/aromatic N) is 3. The summed E-state index contributed by atoms with van der Waals surface area (Å²) in [5, 5.41) is 11.9. The summed E-state index contributed by atoms with van der Waals surface area (Å²) in [6.07, 6.45) is 0.808. The Balaban J connectivity index is 2.29. The molecule has 4 N–H and O–H groups in total. The minimum absolute atomic E-state index is 0.470. The zero-order chi connectivity index (χ0) is 14.5. The fourth-order valence-electron chi connectivity index (χ4n) is 1.95. The molecule has 1 aromatic heterocycles. The predicted octanol–water partition coefficient (Wildman–Crippen LogP) is 2.25. The van der Waals surface area contributed by atoms with Crippen LogP contribution in [-0.4, -0.2) is 9.97 Å². The molecule has 2 aromatic rings. The van der Waals surface area contributed by atoms with E-state index in [1.807, 2.05) is 13.8 Å². The molecule has 0 spiro atoms. The number of hydrazine groups is 1. The molecule has 1 heterocycles. The van der Waals surface area contributed by atoms with Crippen molar-refractivity contribution in [1.29, 1.82) is 5.26 Å². The van der Waals surface area contributed by atoms with E-state index in [0.717, 1.165) is 23.4 Å². The van der Waals surface area contributed by atoms with Gasteiger partial charge in [-0.25, -0.2) is 10.8 Å². The minimum Gasteiger partial charge on any atom is -0.324 e. The Morgan fingerprint density at radius 3 is 2.50 bits per heavy atom. The molecule has 0 amide bonds. The monoisotopic (exact) mass is 268 g/mol. The van der Waals surface area contributed by atoms with Gasteiger partial charge in [-0.2, -0.15) is 10.2 Å². The third-order valence-electron chi connectivity index (χ3n) is 2.97. The molecule has 1 aromatic carbocycles. The first-order valence-electron chi connectivity index (χ1n) is 6.29. The van der Waals surface area contributed by atoms with Crippen LogP contribution in [0.2, 0.25) is 0 Å². The molecular weight excluding hydrogens is 252 g/mol. The highest BCUT2D eigenvalue weighted by molar-refractivity contribution is 5.58. The largest absolute Gasteiger partial charge is 0.324 e. The number of rotatable bonds is 4. The standard InChI is InChI=1S/C14H16N6/c1-3-12-9(2)17-14(19-13(12)20-16)18-11-6-4-10(8-15)5-7-11/h4-7H,3,16H2,1-2H3,(H2,17,18,19,20). The van der Waals surface area contributed by atoms with Crippen LogP contribution in [0.4, 0.5) is 17.5 Å². The van der Waals surface area contributed by atoms with Crippen LogP contribution >= 0.6 is 0 Å². The summed E-state index contributed by atoms with van der Waals surface area (Å²) in [5.74, 6) is 6.58. The average Bonchev–Trinajstić information content (AvgIpc) is 2.47. The van der Waals surface area contributed by atoms with E-state index < -0.39 is 0 Å². The van der Waals surface area contributed by atoms with Gasteiger partial charge in [0.2, 0.25) is 5.95 Å². The van der Waals surface area contributed by atoms with E-state index in [9.17, 15) is 0 Å². The number of nitrogens with one attached hydrogen (secondary N) is 2. The van der Waals surface area contributed by atoms with Crippen molar-refractivity contribution in [2.75, 3.05) is 10.7 Å². The number of aryl methyl sites for hydroxylation is 1. The Labute approximate surface area is 117 Å². The van der Waals surface area contributed by atoms with E-state index in [0.29, 0.717) is 17.3 Å². The van der Waals surface area contributed by atoms with Crippen LogP contribution in [0.5, 0.6) is 0 Å². The van der Waals surface area contributed by atoms with Gasteiger partial charge in [-0.1, -0.05) is 6.92 Å². The maximum absolute atomic E-state index is 8.76.